The maximum absolute atomic E-state index is 12.0. The Bertz CT molecular complexity index is 889. The lowest BCUT2D eigenvalue weighted by molar-refractivity contribution is -0.122. The number of aromatic nitrogens is 2. The number of halogens is 1. The van der Waals surface area contributed by atoms with Gasteiger partial charge in [0.1, 0.15) is 16.2 Å². The van der Waals surface area contributed by atoms with E-state index in [1.54, 1.807) is 0 Å². The summed E-state index contributed by atoms with van der Waals surface area (Å²) in [7, 11) is 0. The normalized spacial score (nSPS) is 14.4. The van der Waals surface area contributed by atoms with Gasteiger partial charge in [0.05, 0.1) is 0 Å². The number of anilines is 3. The van der Waals surface area contributed by atoms with Crippen molar-refractivity contribution in [2.24, 2.45) is 5.92 Å². The highest BCUT2D eigenvalue weighted by Gasteiger charge is 2.25. The smallest absolute Gasteiger partial charge is 0.229 e. The van der Waals surface area contributed by atoms with Crippen molar-refractivity contribution in [1.29, 1.82) is 0 Å². The highest BCUT2D eigenvalue weighted by atomic mass is 35.5. The average molecular weight is 359 g/mol. The second-order valence-corrected chi connectivity index (χ2v) is 7.20. The number of fused-ring (bicyclic) bond motifs is 1. The summed E-state index contributed by atoms with van der Waals surface area (Å²) in [6, 6.07) is 11.2. The molecular formula is C17H15ClN4OS. The highest BCUT2D eigenvalue weighted by molar-refractivity contribution is 7.22. The maximum atomic E-state index is 12.0. The van der Waals surface area contributed by atoms with Crippen molar-refractivity contribution < 1.29 is 4.79 Å². The van der Waals surface area contributed by atoms with Crippen molar-refractivity contribution in [3.05, 3.63) is 41.4 Å². The summed E-state index contributed by atoms with van der Waals surface area (Å²) in [6.45, 7) is 0. The monoisotopic (exact) mass is 358 g/mol. The summed E-state index contributed by atoms with van der Waals surface area (Å²) in [5.74, 6) is 0.942. The van der Waals surface area contributed by atoms with Gasteiger partial charge < -0.3 is 10.6 Å². The summed E-state index contributed by atoms with van der Waals surface area (Å²) in [5, 5.41) is 7.44. The Balaban J connectivity index is 1.52. The summed E-state index contributed by atoms with van der Waals surface area (Å²) >= 11 is 7.28. The molecule has 1 amide bonds. The first-order chi connectivity index (χ1) is 11.7. The molecule has 1 aliphatic carbocycles. The zero-order valence-electron chi connectivity index (χ0n) is 12.8. The number of hydrogen-bond donors (Lipinski definition) is 2. The number of nitrogens with one attached hydrogen (secondary N) is 2. The van der Waals surface area contributed by atoms with Gasteiger partial charge in [-0.25, -0.2) is 9.97 Å². The quantitative estimate of drug-likeness (QED) is 0.701. The van der Waals surface area contributed by atoms with Crippen LogP contribution >= 0.6 is 22.9 Å². The number of carbonyl (C=O) groups excluding carboxylic acids is 1. The molecule has 2 N–H and O–H groups in total. The Hall–Kier alpha value is -2.18. The van der Waals surface area contributed by atoms with Gasteiger partial charge in [0.25, 0.3) is 0 Å². The third kappa shape index (κ3) is 3.20. The molecule has 0 radical (unpaired) electrons. The lowest BCUT2D eigenvalue weighted by Crippen LogP contribution is -2.27. The van der Waals surface area contributed by atoms with Crippen molar-refractivity contribution >= 4 is 55.8 Å². The van der Waals surface area contributed by atoms with Gasteiger partial charge in [-0.1, -0.05) is 29.4 Å². The van der Waals surface area contributed by atoms with E-state index in [9.17, 15) is 4.79 Å². The second-order valence-electron chi connectivity index (χ2n) is 5.79. The molecule has 0 bridgehead atoms. The van der Waals surface area contributed by atoms with Crippen LogP contribution in [0.1, 0.15) is 19.3 Å². The zero-order valence-corrected chi connectivity index (χ0v) is 14.3. The molecule has 0 atom stereocenters. The first-order valence-corrected chi connectivity index (χ1v) is 8.98. The Kier molecular flexibility index (Phi) is 4.08. The number of pyridine rings is 1. The predicted octanol–water partition coefficient (Wildman–Crippen LogP) is 4.83. The zero-order chi connectivity index (χ0) is 16.5. The van der Waals surface area contributed by atoms with Crippen molar-refractivity contribution in [3.63, 3.8) is 0 Å². The number of hydrogen-bond acceptors (Lipinski definition) is 5. The Morgan fingerprint density at radius 2 is 1.92 bits per heavy atom. The lowest BCUT2D eigenvalue weighted by atomic mass is 9.85. The third-order valence-electron chi connectivity index (χ3n) is 4.08. The topological polar surface area (TPSA) is 66.9 Å². The van der Waals surface area contributed by atoms with Crippen LogP contribution in [0.15, 0.2) is 36.4 Å². The molecule has 1 saturated carbocycles. The molecule has 2 heterocycles. The van der Waals surface area contributed by atoms with Crippen LogP contribution in [0.5, 0.6) is 0 Å². The number of amides is 1. The molecule has 0 aliphatic heterocycles. The van der Waals surface area contributed by atoms with Gasteiger partial charge in [-0.05, 0) is 49.2 Å². The van der Waals surface area contributed by atoms with Gasteiger partial charge in [0.15, 0.2) is 5.13 Å². The van der Waals surface area contributed by atoms with E-state index in [2.05, 4.69) is 20.6 Å². The fourth-order valence-electron chi connectivity index (χ4n) is 2.50. The molecule has 24 heavy (non-hydrogen) atoms. The summed E-state index contributed by atoms with van der Waals surface area (Å²) in [5.41, 5.74) is 1.69. The van der Waals surface area contributed by atoms with Crippen molar-refractivity contribution in [2.75, 3.05) is 10.6 Å². The molecule has 2 aromatic heterocycles. The fourth-order valence-corrected chi connectivity index (χ4v) is 3.47. The molecule has 1 aliphatic rings. The number of benzene rings is 1. The van der Waals surface area contributed by atoms with E-state index in [-0.39, 0.29) is 11.8 Å². The van der Waals surface area contributed by atoms with Crippen LogP contribution in [-0.4, -0.2) is 15.9 Å². The fraction of sp³-hybridized carbons (Fsp3) is 0.235. The van der Waals surface area contributed by atoms with Gasteiger partial charge in [0.2, 0.25) is 5.91 Å². The molecule has 0 spiro atoms. The van der Waals surface area contributed by atoms with E-state index in [1.807, 2.05) is 36.4 Å². The molecule has 5 nitrogen and oxygen atoms in total. The minimum atomic E-state index is 0.0693. The van der Waals surface area contributed by atoms with E-state index >= 15 is 0 Å². The molecule has 0 saturated heterocycles. The average Bonchev–Trinajstić information content (AvgIpc) is 2.89. The van der Waals surface area contributed by atoms with Crippen LogP contribution in [0.2, 0.25) is 5.02 Å². The summed E-state index contributed by atoms with van der Waals surface area (Å²) < 4.78 is 0. The van der Waals surface area contributed by atoms with Gasteiger partial charge in [-0.2, -0.15) is 0 Å². The molecule has 1 fully saturated rings. The number of carbonyl (C=O) groups is 1. The predicted molar refractivity (Wildman–Crippen MR) is 98.1 cm³/mol. The van der Waals surface area contributed by atoms with Gasteiger partial charge in [0, 0.05) is 16.6 Å². The highest BCUT2D eigenvalue weighted by Crippen LogP contribution is 2.30. The molecular weight excluding hydrogens is 344 g/mol. The molecule has 122 valence electrons. The number of rotatable bonds is 4. The van der Waals surface area contributed by atoms with Crippen molar-refractivity contribution in [1.82, 2.24) is 9.97 Å². The first kappa shape index (κ1) is 15.4. The SMILES string of the molecule is O=C(Nc1nc2ccc(Nc3ccc(Cl)cc3)nc2s1)C1CCC1. The van der Waals surface area contributed by atoms with Crippen LogP contribution < -0.4 is 10.6 Å². The largest absolute Gasteiger partial charge is 0.340 e. The van der Waals surface area contributed by atoms with E-state index < -0.39 is 0 Å². The Labute approximate surface area is 148 Å². The maximum Gasteiger partial charge on any atom is 0.229 e. The molecule has 0 unspecified atom stereocenters. The Morgan fingerprint density at radius 1 is 1.12 bits per heavy atom. The third-order valence-corrected chi connectivity index (χ3v) is 5.21. The van der Waals surface area contributed by atoms with Crippen LogP contribution in [-0.2, 0) is 4.79 Å². The minimum absolute atomic E-state index is 0.0693. The van der Waals surface area contributed by atoms with Gasteiger partial charge in [-0.15, -0.1) is 0 Å². The van der Waals surface area contributed by atoms with E-state index in [1.165, 1.54) is 11.3 Å². The van der Waals surface area contributed by atoms with Gasteiger partial charge in [-0.3, -0.25) is 4.79 Å². The first-order valence-electron chi connectivity index (χ1n) is 7.78. The summed E-state index contributed by atoms with van der Waals surface area (Å²) in [6.07, 6.45) is 3.09. The number of nitrogens with zero attached hydrogens (tertiary/aromatic N) is 2. The van der Waals surface area contributed by atoms with Gasteiger partial charge >= 0.3 is 0 Å². The van der Waals surface area contributed by atoms with Crippen LogP contribution in [0.3, 0.4) is 0 Å². The van der Waals surface area contributed by atoms with Crippen LogP contribution in [0.4, 0.5) is 16.6 Å². The second kappa shape index (κ2) is 6.37. The molecule has 7 heteroatoms. The van der Waals surface area contributed by atoms with Crippen molar-refractivity contribution in [3.8, 4) is 0 Å². The standard InChI is InChI=1S/C17H15ClN4OS/c18-11-4-6-12(7-5-11)19-14-9-8-13-16(21-14)24-17(20-13)22-15(23)10-2-1-3-10/h4-10H,1-3H2,(H,19,21)(H,20,22,23). The molecule has 3 aromatic rings. The van der Waals surface area contributed by atoms with E-state index in [0.29, 0.717) is 10.2 Å². The van der Waals surface area contributed by atoms with Crippen LogP contribution in [0.25, 0.3) is 10.3 Å². The molecule has 1 aromatic carbocycles. The van der Waals surface area contributed by atoms with Crippen molar-refractivity contribution in [2.45, 2.75) is 19.3 Å². The summed E-state index contributed by atoms with van der Waals surface area (Å²) in [4.78, 5) is 21.8. The van der Waals surface area contributed by atoms with Crippen LogP contribution in [0, 0.1) is 5.92 Å². The minimum Gasteiger partial charge on any atom is -0.340 e. The lowest BCUT2D eigenvalue weighted by Gasteiger charge is -2.23. The molecule has 4 rings (SSSR count). The number of thiazole rings is 1. The van der Waals surface area contributed by atoms with E-state index in [0.717, 1.165) is 41.1 Å². The van der Waals surface area contributed by atoms with E-state index in [4.69, 9.17) is 11.6 Å². The Morgan fingerprint density at radius 3 is 2.62 bits per heavy atom.